The number of anilines is 1. The lowest BCUT2D eigenvalue weighted by molar-refractivity contribution is 0.205. The molecule has 0 aliphatic rings. The Morgan fingerprint density at radius 2 is 2.00 bits per heavy atom. The summed E-state index contributed by atoms with van der Waals surface area (Å²) in [5.74, 6) is 1.77. The van der Waals surface area contributed by atoms with Gasteiger partial charge in [0.2, 0.25) is 0 Å². The van der Waals surface area contributed by atoms with Crippen molar-refractivity contribution in [2.75, 3.05) is 45.4 Å². The predicted octanol–water partition coefficient (Wildman–Crippen LogP) is 1.65. The molecule has 0 aliphatic carbocycles. The van der Waals surface area contributed by atoms with Gasteiger partial charge in [0.15, 0.2) is 0 Å². The van der Waals surface area contributed by atoms with Crippen LogP contribution in [0, 0.1) is 0 Å². The number of hydrogen-bond donors (Lipinski definition) is 1. The molecule has 2 aromatic rings. The summed E-state index contributed by atoms with van der Waals surface area (Å²) in [4.78, 5) is 6.66. The minimum Gasteiger partial charge on any atom is -0.496 e. The smallest absolute Gasteiger partial charge is 0.136 e. The summed E-state index contributed by atoms with van der Waals surface area (Å²) in [6.45, 7) is 2.72. The van der Waals surface area contributed by atoms with Gasteiger partial charge in [-0.25, -0.2) is 4.98 Å². The molecule has 0 bridgehead atoms. The quantitative estimate of drug-likeness (QED) is 0.832. The summed E-state index contributed by atoms with van der Waals surface area (Å²) in [6.07, 6.45) is 1.80. The molecule has 0 atom stereocenters. The summed E-state index contributed by atoms with van der Waals surface area (Å²) in [5.41, 5.74) is 5.70. The number of nitrogens with zero attached hydrogens (tertiary/aromatic N) is 2. The maximum Gasteiger partial charge on any atom is 0.136 e. The normalized spacial score (nSPS) is 10.8. The van der Waals surface area contributed by atoms with Gasteiger partial charge in [-0.1, -0.05) is 12.1 Å². The van der Waals surface area contributed by atoms with Gasteiger partial charge in [-0.3, -0.25) is 0 Å². The first-order valence-electron chi connectivity index (χ1n) is 6.67. The van der Waals surface area contributed by atoms with E-state index in [1.165, 1.54) is 0 Å². The zero-order valence-corrected chi connectivity index (χ0v) is 12.0. The van der Waals surface area contributed by atoms with Gasteiger partial charge >= 0.3 is 0 Å². The molecule has 0 fully saturated rings. The molecule has 0 amide bonds. The van der Waals surface area contributed by atoms with E-state index in [0.717, 1.165) is 35.4 Å². The van der Waals surface area contributed by atoms with Crippen LogP contribution in [0.3, 0.4) is 0 Å². The van der Waals surface area contributed by atoms with Crippen LogP contribution < -0.4 is 15.4 Å². The molecule has 1 aromatic heterocycles. The summed E-state index contributed by atoms with van der Waals surface area (Å²) in [7, 11) is 3.37. The van der Waals surface area contributed by atoms with Gasteiger partial charge in [0, 0.05) is 43.7 Å². The van der Waals surface area contributed by atoms with Crippen LogP contribution in [0.2, 0.25) is 0 Å². The van der Waals surface area contributed by atoms with Crippen molar-refractivity contribution in [1.29, 1.82) is 0 Å². The van der Waals surface area contributed by atoms with Gasteiger partial charge in [0.05, 0.1) is 13.7 Å². The SMILES string of the molecule is COCCN(CCN)c1nccc2c(OC)cccc12. The van der Waals surface area contributed by atoms with Crippen molar-refractivity contribution in [1.82, 2.24) is 4.98 Å². The van der Waals surface area contributed by atoms with Gasteiger partial charge < -0.3 is 20.1 Å². The van der Waals surface area contributed by atoms with Crippen molar-refractivity contribution in [2.45, 2.75) is 0 Å². The predicted molar refractivity (Wildman–Crippen MR) is 81.4 cm³/mol. The number of rotatable bonds is 7. The van der Waals surface area contributed by atoms with Crippen LogP contribution in [0.1, 0.15) is 0 Å². The number of ether oxygens (including phenoxy) is 2. The average Bonchev–Trinajstić information content (AvgIpc) is 2.50. The summed E-state index contributed by atoms with van der Waals surface area (Å²) in [6, 6.07) is 7.95. The highest BCUT2D eigenvalue weighted by molar-refractivity contribution is 5.96. The third kappa shape index (κ3) is 3.00. The molecule has 5 nitrogen and oxygen atoms in total. The van der Waals surface area contributed by atoms with Crippen LogP contribution in [0.5, 0.6) is 5.75 Å². The molecule has 5 heteroatoms. The van der Waals surface area contributed by atoms with Crippen molar-refractivity contribution in [2.24, 2.45) is 5.73 Å². The van der Waals surface area contributed by atoms with E-state index in [0.29, 0.717) is 13.2 Å². The standard InChI is InChI=1S/C15H21N3O2/c1-19-11-10-18(9-7-16)15-13-4-3-5-14(20-2)12(13)6-8-17-15/h3-6,8H,7,9-11,16H2,1-2H3. The van der Waals surface area contributed by atoms with Crippen molar-refractivity contribution in [3.8, 4) is 5.75 Å². The number of hydrogen-bond acceptors (Lipinski definition) is 5. The molecule has 2 N–H and O–H groups in total. The molecular formula is C15H21N3O2. The minimum atomic E-state index is 0.575. The second-order valence-electron chi connectivity index (χ2n) is 4.46. The highest BCUT2D eigenvalue weighted by Crippen LogP contribution is 2.30. The second kappa shape index (κ2) is 7.07. The van der Waals surface area contributed by atoms with Gasteiger partial charge in [-0.2, -0.15) is 0 Å². The van der Waals surface area contributed by atoms with Crippen LogP contribution in [0.25, 0.3) is 10.8 Å². The van der Waals surface area contributed by atoms with Crippen LogP contribution >= 0.6 is 0 Å². The molecule has 0 aliphatic heterocycles. The molecule has 1 aromatic carbocycles. The summed E-state index contributed by atoms with van der Waals surface area (Å²) < 4.78 is 10.6. The topological polar surface area (TPSA) is 60.6 Å². The number of nitrogens with two attached hydrogens (primary N) is 1. The summed E-state index contributed by atoms with van der Waals surface area (Å²) in [5, 5.41) is 2.12. The Balaban J connectivity index is 2.46. The molecule has 0 saturated heterocycles. The Labute approximate surface area is 119 Å². The molecule has 108 valence electrons. The fourth-order valence-electron chi connectivity index (χ4n) is 2.27. The lowest BCUT2D eigenvalue weighted by Crippen LogP contribution is -2.33. The van der Waals surface area contributed by atoms with Crippen LogP contribution in [0.15, 0.2) is 30.5 Å². The van der Waals surface area contributed by atoms with Gasteiger partial charge in [0.25, 0.3) is 0 Å². The maximum absolute atomic E-state index is 5.70. The number of pyridine rings is 1. The highest BCUT2D eigenvalue weighted by Gasteiger charge is 2.12. The Bertz CT molecular complexity index is 560. The Morgan fingerprint density at radius 3 is 2.70 bits per heavy atom. The van der Waals surface area contributed by atoms with Crippen molar-refractivity contribution >= 4 is 16.6 Å². The zero-order valence-electron chi connectivity index (χ0n) is 12.0. The third-order valence-electron chi connectivity index (χ3n) is 3.23. The third-order valence-corrected chi connectivity index (χ3v) is 3.23. The fraction of sp³-hybridized carbons (Fsp3) is 0.400. The second-order valence-corrected chi connectivity index (χ2v) is 4.46. The maximum atomic E-state index is 5.70. The Morgan fingerprint density at radius 1 is 1.15 bits per heavy atom. The number of fused-ring (bicyclic) bond motifs is 1. The highest BCUT2D eigenvalue weighted by atomic mass is 16.5. The van der Waals surface area contributed by atoms with Crippen LogP contribution in [0.4, 0.5) is 5.82 Å². The van der Waals surface area contributed by atoms with E-state index in [1.54, 1.807) is 20.4 Å². The van der Waals surface area contributed by atoms with Crippen molar-refractivity contribution < 1.29 is 9.47 Å². The first-order valence-corrected chi connectivity index (χ1v) is 6.67. The molecule has 0 spiro atoms. The van der Waals surface area contributed by atoms with E-state index in [-0.39, 0.29) is 0 Å². The van der Waals surface area contributed by atoms with Crippen molar-refractivity contribution in [3.63, 3.8) is 0 Å². The number of benzene rings is 1. The number of methoxy groups -OCH3 is 2. The Kier molecular flexibility index (Phi) is 5.15. The molecular weight excluding hydrogens is 254 g/mol. The van der Waals surface area contributed by atoms with E-state index < -0.39 is 0 Å². The molecule has 0 saturated carbocycles. The minimum absolute atomic E-state index is 0.575. The fourth-order valence-corrected chi connectivity index (χ4v) is 2.27. The van der Waals surface area contributed by atoms with Crippen LogP contribution in [-0.2, 0) is 4.74 Å². The van der Waals surface area contributed by atoms with Gasteiger partial charge in [-0.15, -0.1) is 0 Å². The van der Waals surface area contributed by atoms with E-state index in [9.17, 15) is 0 Å². The van der Waals surface area contributed by atoms with E-state index in [1.807, 2.05) is 18.2 Å². The molecule has 1 heterocycles. The molecule has 20 heavy (non-hydrogen) atoms. The first-order chi connectivity index (χ1) is 9.81. The lowest BCUT2D eigenvalue weighted by Gasteiger charge is -2.24. The van der Waals surface area contributed by atoms with E-state index >= 15 is 0 Å². The zero-order chi connectivity index (χ0) is 14.4. The molecule has 0 radical (unpaired) electrons. The van der Waals surface area contributed by atoms with E-state index in [2.05, 4.69) is 16.0 Å². The van der Waals surface area contributed by atoms with Gasteiger partial charge in [0.1, 0.15) is 11.6 Å². The van der Waals surface area contributed by atoms with Crippen molar-refractivity contribution in [3.05, 3.63) is 30.5 Å². The summed E-state index contributed by atoms with van der Waals surface area (Å²) >= 11 is 0. The largest absolute Gasteiger partial charge is 0.496 e. The monoisotopic (exact) mass is 275 g/mol. The average molecular weight is 275 g/mol. The molecule has 2 rings (SSSR count). The lowest BCUT2D eigenvalue weighted by atomic mass is 10.1. The number of aromatic nitrogens is 1. The molecule has 0 unspecified atom stereocenters. The van der Waals surface area contributed by atoms with E-state index in [4.69, 9.17) is 15.2 Å². The van der Waals surface area contributed by atoms with Crippen LogP contribution in [-0.4, -0.2) is 45.4 Å². The first kappa shape index (κ1) is 14.6. The Hall–Kier alpha value is -1.85. The van der Waals surface area contributed by atoms with Gasteiger partial charge in [-0.05, 0) is 12.1 Å².